The van der Waals surface area contributed by atoms with E-state index in [4.69, 9.17) is 5.11 Å². The predicted molar refractivity (Wildman–Crippen MR) is 71.0 cm³/mol. The van der Waals surface area contributed by atoms with Crippen molar-refractivity contribution in [1.82, 2.24) is 15.1 Å². The summed E-state index contributed by atoms with van der Waals surface area (Å²) in [5.41, 5.74) is -0.122. The number of aromatic amines is 1. The minimum absolute atomic E-state index is 0.110. The average Bonchev–Trinajstić information content (AvgIpc) is 2.45. The number of carbonyl (C=O) groups excluding carboxylic acids is 1. The molecule has 6 nitrogen and oxygen atoms in total. The molecule has 0 radical (unpaired) electrons. The van der Waals surface area contributed by atoms with Crippen LogP contribution in [0.1, 0.15) is 17.4 Å². The molecule has 19 heavy (non-hydrogen) atoms. The minimum Gasteiger partial charge on any atom is -0.395 e. The second-order valence-corrected chi connectivity index (χ2v) is 4.06. The van der Waals surface area contributed by atoms with Gasteiger partial charge in [0.05, 0.1) is 12.0 Å². The molecule has 0 spiro atoms. The third kappa shape index (κ3) is 2.48. The van der Waals surface area contributed by atoms with Gasteiger partial charge in [-0.15, -0.1) is 0 Å². The zero-order chi connectivity index (χ0) is 13.8. The number of hydrogen-bond donors (Lipinski definition) is 2. The second-order valence-electron chi connectivity index (χ2n) is 4.06. The van der Waals surface area contributed by atoms with Crippen LogP contribution < -0.4 is 5.56 Å². The molecule has 2 N–H and O–H groups in total. The van der Waals surface area contributed by atoms with Gasteiger partial charge in [0.15, 0.2) is 5.69 Å². The molecule has 1 heterocycles. The lowest BCUT2D eigenvalue weighted by molar-refractivity contribution is 0.0727. The first-order chi connectivity index (χ1) is 9.19. The zero-order valence-corrected chi connectivity index (χ0v) is 10.6. The second kappa shape index (κ2) is 5.62. The van der Waals surface area contributed by atoms with Gasteiger partial charge < -0.3 is 10.0 Å². The van der Waals surface area contributed by atoms with Crippen molar-refractivity contribution < 1.29 is 9.90 Å². The lowest BCUT2D eigenvalue weighted by atomic mass is 10.1. The molecular weight excluding hydrogens is 246 g/mol. The Morgan fingerprint density at radius 2 is 2.05 bits per heavy atom. The van der Waals surface area contributed by atoms with Gasteiger partial charge in [0.2, 0.25) is 0 Å². The van der Waals surface area contributed by atoms with Gasteiger partial charge in [-0.3, -0.25) is 9.59 Å². The van der Waals surface area contributed by atoms with E-state index in [1.807, 2.05) is 6.92 Å². The van der Waals surface area contributed by atoms with Gasteiger partial charge in [-0.2, -0.15) is 5.10 Å². The normalized spacial score (nSPS) is 10.6. The average molecular weight is 261 g/mol. The first-order valence-electron chi connectivity index (χ1n) is 6.06. The Kier molecular flexibility index (Phi) is 3.91. The van der Waals surface area contributed by atoms with Crippen LogP contribution >= 0.6 is 0 Å². The van der Waals surface area contributed by atoms with Crippen LogP contribution in [0.15, 0.2) is 29.1 Å². The van der Waals surface area contributed by atoms with Crippen molar-refractivity contribution >= 4 is 16.7 Å². The number of amides is 1. The van der Waals surface area contributed by atoms with Crippen LogP contribution in [0, 0.1) is 0 Å². The maximum atomic E-state index is 12.3. The van der Waals surface area contributed by atoms with Gasteiger partial charge in [0.25, 0.3) is 11.5 Å². The summed E-state index contributed by atoms with van der Waals surface area (Å²) < 4.78 is 0. The van der Waals surface area contributed by atoms with Gasteiger partial charge in [-0.25, -0.2) is 5.10 Å². The summed E-state index contributed by atoms with van der Waals surface area (Å²) in [7, 11) is 0. The minimum atomic E-state index is -0.322. The van der Waals surface area contributed by atoms with E-state index < -0.39 is 0 Å². The van der Waals surface area contributed by atoms with Crippen LogP contribution in [0.3, 0.4) is 0 Å². The number of fused-ring (bicyclic) bond motifs is 1. The Morgan fingerprint density at radius 3 is 2.68 bits per heavy atom. The highest BCUT2D eigenvalue weighted by Gasteiger charge is 2.18. The van der Waals surface area contributed by atoms with Gasteiger partial charge in [0, 0.05) is 18.5 Å². The van der Waals surface area contributed by atoms with Crippen LogP contribution in [0.5, 0.6) is 0 Å². The van der Waals surface area contributed by atoms with E-state index in [1.165, 1.54) is 4.90 Å². The summed E-state index contributed by atoms with van der Waals surface area (Å²) in [6.45, 7) is 2.42. The first kappa shape index (κ1) is 13.2. The molecule has 6 heteroatoms. The van der Waals surface area contributed by atoms with E-state index in [0.717, 1.165) is 0 Å². The third-order valence-corrected chi connectivity index (χ3v) is 2.94. The highest BCUT2D eigenvalue weighted by molar-refractivity contribution is 6.04. The number of H-pyrrole nitrogens is 1. The van der Waals surface area contributed by atoms with Crippen molar-refractivity contribution in [1.29, 1.82) is 0 Å². The van der Waals surface area contributed by atoms with Crippen LogP contribution in [0.2, 0.25) is 0 Å². The number of nitrogens with one attached hydrogen (secondary N) is 1. The number of carbonyl (C=O) groups is 1. The highest BCUT2D eigenvalue weighted by atomic mass is 16.3. The van der Waals surface area contributed by atoms with Crippen LogP contribution in [0.25, 0.3) is 10.8 Å². The molecule has 0 unspecified atom stereocenters. The molecule has 2 aromatic rings. The molecular formula is C13H15N3O3. The number of nitrogens with zero attached hydrogens (tertiary/aromatic N) is 2. The molecule has 1 amide bonds. The third-order valence-electron chi connectivity index (χ3n) is 2.94. The maximum Gasteiger partial charge on any atom is 0.275 e. The molecule has 0 saturated heterocycles. The SMILES string of the molecule is CCN(CCO)C(=O)c1n[nH]c(=O)c2ccccc12. The number of aliphatic hydroxyl groups is 1. The maximum absolute atomic E-state index is 12.3. The fourth-order valence-electron chi connectivity index (χ4n) is 1.95. The summed E-state index contributed by atoms with van der Waals surface area (Å²) in [6, 6.07) is 6.83. The molecule has 0 bridgehead atoms. The molecule has 0 aliphatic carbocycles. The van der Waals surface area contributed by atoms with E-state index in [9.17, 15) is 9.59 Å². The van der Waals surface area contributed by atoms with Crippen LogP contribution in [0.4, 0.5) is 0 Å². The van der Waals surface area contributed by atoms with Crippen molar-refractivity contribution in [3.63, 3.8) is 0 Å². The number of aromatic nitrogens is 2. The first-order valence-corrected chi connectivity index (χ1v) is 6.06. The Bertz CT molecular complexity index is 651. The topological polar surface area (TPSA) is 86.3 Å². The standard InChI is InChI=1S/C13H15N3O3/c1-2-16(7-8-17)13(19)11-9-5-3-4-6-10(9)12(18)15-14-11/h3-6,17H,2,7-8H2,1H3,(H,15,18). The van der Waals surface area contributed by atoms with Crippen molar-refractivity contribution in [2.75, 3.05) is 19.7 Å². The number of benzene rings is 1. The van der Waals surface area contributed by atoms with E-state index in [2.05, 4.69) is 10.2 Å². The van der Waals surface area contributed by atoms with Gasteiger partial charge >= 0.3 is 0 Å². The number of aliphatic hydroxyl groups excluding tert-OH is 1. The predicted octanol–water partition coefficient (Wildman–Crippen LogP) is 0.377. The van der Waals surface area contributed by atoms with Gasteiger partial charge in [-0.1, -0.05) is 18.2 Å². The van der Waals surface area contributed by atoms with Gasteiger partial charge in [-0.05, 0) is 13.0 Å². The molecule has 1 aromatic carbocycles. The highest BCUT2D eigenvalue weighted by Crippen LogP contribution is 2.14. The van der Waals surface area contributed by atoms with E-state index in [-0.39, 0.29) is 30.3 Å². The quantitative estimate of drug-likeness (QED) is 0.833. The van der Waals surface area contributed by atoms with Crippen LogP contribution in [-0.2, 0) is 0 Å². The van der Waals surface area contributed by atoms with E-state index >= 15 is 0 Å². The molecule has 0 aliphatic heterocycles. The smallest absolute Gasteiger partial charge is 0.275 e. The Hall–Kier alpha value is -2.21. The van der Waals surface area contributed by atoms with E-state index in [0.29, 0.717) is 17.3 Å². The molecule has 0 aliphatic rings. The van der Waals surface area contributed by atoms with Gasteiger partial charge in [0.1, 0.15) is 0 Å². The summed E-state index contributed by atoms with van der Waals surface area (Å²) in [5.74, 6) is -0.302. The zero-order valence-electron chi connectivity index (χ0n) is 10.6. The summed E-state index contributed by atoms with van der Waals surface area (Å²) in [4.78, 5) is 25.4. The summed E-state index contributed by atoms with van der Waals surface area (Å²) in [5, 5.41) is 16.1. The van der Waals surface area contributed by atoms with Crippen LogP contribution in [-0.4, -0.2) is 45.8 Å². The van der Waals surface area contributed by atoms with Crippen molar-refractivity contribution in [2.24, 2.45) is 0 Å². The van der Waals surface area contributed by atoms with Crippen molar-refractivity contribution in [3.8, 4) is 0 Å². The fraction of sp³-hybridized carbons (Fsp3) is 0.308. The molecule has 0 fully saturated rings. The lowest BCUT2D eigenvalue weighted by Gasteiger charge is -2.19. The number of likely N-dealkylation sites (N-methyl/N-ethyl adjacent to an activating group) is 1. The Morgan fingerprint density at radius 1 is 1.37 bits per heavy atom. The molecule has 1 aromatic heterocycles. The fourth-order valence-corrected chi connectivity index (χ4v) is 1.95. The van der Waals surface area contributed by atoms with Crippen molar-refractivity contribution in [3.05, 3.63) is 40.3 Å². The lowest BCUT2D eigenvalue weighted by Crippen LogP contribution is -2.34. The van der Waals surface area contributed by atoms with E-state index in [1.54, 1.807) is 24.3 Å². The number of hydrogen-bond acceptors (Lipinski definition) is 4. The Balaban J connectivity index is 2.54. The molecule has 100 valence electrons. The molecule has 0 saturated carbocycles. The molecule has 2 rings (SSSR count). The van der Waals surface area contributed by atoms with Crippen molar-refractivity contribution in [2.45, 2.75) is 6.92 Å². The largest absolute Gasteiger partial charge is 0.395 e. The summed E-state index contributed by atoms with van der Waals surface area (Å²) in [6.07, 6.45) is 0. The molecule has 0 atom stereocenters. The number of rotatable bonds is 4. The summed E-state index contributed by atoms with van der Waals surface area (Å²) >= 11 is 0. The Labute approximate surface area is 109 Å². The monoisotopic (exact) mass is 261 g/mol.